The molecule has 0 fully saturated rings. The lowest BCUT2D eigenvalue weighted by atomic mass is 10.1. The molecular weight excluding hydrogens is 319 g/mol. The van der Waals surface area contributed by atoms with Gasteiger partial charge in [0, 0.05) is 11.1 Å². The van der Waals surface area contributed by atoms with Gasteiger partial charge in [0.1, 0.15) is 0 Å². The number of anilines is 2. The Morgan fingerprint density at radius 2 is 1.83 bits per heavy atom. The number of amides is 1. The van der Waals surface area contributed by atoms with E-state index >= 15 is 0 Å². The molecule has 0 bridgehead atoms. The Morgan fingerprint density at radius 1 is 1.04 bits per heavy atom. The highest BCUT2D eigenvalue weighted by Crippen LogP contribution is 2.20. The average Bonchev–Trinajstić information content (AvgIpc) is 2.55. The van der Waals surface area contributed by atoms with E-state index in [1.54, 1.807) is 30.3 Å². The van der Waals surface area contributed by atoms with E-state index in [9.17, 15) is 18.0 Å². The molecule has 3 N–H and O–H groups in total. The molecule has 1 amide bonds. The molecular formula is C17H12F3N3O. The first-order valence-electron chi connectivity index (χ1n) is 7.02. The van der Waals surface area contributed by atoms with Crippen LogP contribution in [0.2, 0.25) is 0 Å². The first-order chi connectivity index (χ1) is 11.4. The second kappa shape index (κ2) is 6.19. The van der Waals surface area contributed by atoms with Gasteiger partial charge < -0.3 is 11.1 Å². The zero-order valence-corrected chi connectivity index (χ0v) is 12.3. The molecule has 1 aromatic heterocycles. The van der Waals surface area contributed by atoms with Crippen LogP contribution in [-0.4, -0.2) is 10.9 Å². The summed E-state index contributed by atoms with van der Waals surface area (Å²) in [5.74, 6) is -4.98. The van der Waals surface area contributed by atoms with Crippen molar-refractivity contribution in [2.45, 2.75) is 6.42 Å². The number of aromatic nitrogens is 1. The van der Waals surface area contributed by atoms with Crippen molar-refractivity contribution in [2.75, 3.05) is 11.1 Å². The smallest absolute Gasteiger partial charge is 0.230 e. The average molecular weight is 331 g/mol. The molecule has 24 heavy (non-hydrogen) atoms. The van der Waals surface area contributed by atoms with E-state index in [0.29, 0.717) is 16.9 Å². The molecule has 7 heteroatoms. The van der Waals surface area contributed by atoms with Crippen LogP contribution in [0.25, 0.3) is 10.9 Å². The number of rotatable bonds is 3. The fourth-order valence-electron chi connectivity index (χ4n) is 2.27. The Bertz CT molecular complexity index is 944. The van der Waals surface area contributed by atoms with Crippen molar-refractivity contribution in [1.82, 2.24) is 4.98 Å². The van der Waals surface area contributed by atoms with Crippen LogP contribution in [0.3, 0.4) is 0 Å². The second-order valence-corrected chi connectivity index (χ2v) is 5.20. The van der Waals surface area contributed by atoms with Crippen molar-refractivity contribution in [3.63, 3.8) is 0 Å². The Kier molecular flexibility index (Phi) is 4.07. The molecule has 4 nitrogen and oxygen atoms in total. The third kappa shape index (κ3) is 3.15. The normalized spacial score (nSPS) is 10.8. The van der Waals surface area contributed by atoms with Gasteiger partial charge in [-0.3, -0.25) is 9.78 Å². The molecule has 0 unspecified atom stereocenters. The van der Waals surface area contributed by atoms with Crippen molar-refractivity contribution in [2.24, 2.45) is 0 Å². The zero-order valence-electron chi connectivity index (χ0n) is 12.3. The van der Waals surface area contributed by atoms with E-state index in [2.05, 4.69) is 10.3 Å². The molecule has 0 saturated carbocycles. The fraction of sp³-hybridized carbons (Fsp3) is 0.0588. The number of hydrogen-bond donors (Lipinski definition) is 2. The van der Waals surface area contributed by atoms with Gasteiger partial charge in [0.05, 0.1) is 23.3 Å². The Labute approximate surface area is 135 Å². The summed E-state index contributed by atoms with van der Waals surface area (Å²) >= 11 is 0. The maximum Gasteiger partial charge on any atom is 0.230 e. The lowest BCUT2D eigenvalue weighted by molar-refractivity contribution is -0.115. The summed E-state index contributed by atoms with van der Waals surface area (Å²) in [6, 6.07) is 10.3. The molecule has 1 heterocycles. The van der Waals surface area contributed by atoms with Crippen LogP contribution in [0.5, 0.6) is 0 Å². The van der Waals surface area contributed by atoms with Crippen LogP contribution in [0.1, 0.15) is 5.69 Å². The quantitative estimate of drug-likeness (QED) is 0.571. The predicted molar refractivity (Wildman–Crippen MR) is 84.8 cm³/mol. The highest BCUT2D eigenvalue weighted by molar-refractivity contribution is 5.92. The molecule has 2 aromatic carbocycles. The second-order valence-electron chi connectivity index (χ2n) is 5.20. The van der Waals surface area contributed by atoms with Crippen molar-refractivity contribution in [3.05, 3.63) is 65.6 Å². The molecule has 0 saturated heterocycles. The van der Waals surface area contributed by atoms with E-state index in [-0.39, 0.29) is 6.42 Å². The molecule has 0 aliphatic rings. The molecule has 0 aliphatic heterocycles. The maximum atomic E-state index is 13.6. The van der Waals surface area contributed by atoms with Gasteiger partial charge in [0.2, 0.25) is 5.91 Å². The number of halogens is 3. The third-order valence-electron chi connectivity index (χ3n) is 3.42. The molecule has 0 aliphatic carbocycles. The summed E-state index contributed by atoms with van der Waals surface area (Å²) in [4.78, 5) is 16.3. The molecule has 0 atom stereocenters. The Morgan fingerprint density at radius 3 is 2.62 bits per heavy atom. The molecule has 3 rings (SSSR count). The van der Waals surface area contributed by atoms with Gasteiger partial charge in [-0.2, -0.15) is 0 Å². The highest BCUT2D eigenvalue weighted by Gasteiger charge is 2.15. The topological polar surface area (TPSA) is 68.0 Å². The van der Waals surface area contributed by atoms with Crippen LogP contribution >= 0.6 is 0 Å². The summed E-state index contributed by atoms with van der Waals surface area (Å²) in [6.45, 7) is 0. The number of nitrogens with one attached hydrogen (secondary N) is 1. The zero-order chi connectivity index (χ0) is 17.3. The van der Waals surface area contributed by atoms with Gasteiger partial charge >= 0.3 is 0 Å². The van der Waals surface area contributed by atoms with E-state index in [1.807, 2.05) is 0 Å². The van der Waals surface area contributed by atoms with Gasteiger partial charge in [-0.15, -0.1) is 0 Å². The number of nitrogens with two attached hydrogens (primary N) is 1. The van der Waals surface area contributed by atoms with E-state index in [1.165, 1.54) is 0 Å². The summed E-state index contributed by atoms with van der Waals surface area (Å²) in [5.41, 5.74) is 6.97. The largest absolute Gasteiger partial charge is 0.399 e. The van der Waals surface area contributed by atoms with E-state index in [0.717, 1.165) is 17.5 Å². The van der Waals surface area contributed by atoms with Gasteiger partial charge in [-0.25, -0.2) is 13.2 Å². The van der Waals surface area contributed by atoms with Crippen molar-refractivity contribution in [3.8, 4) is 0 Å². The van der Waals surface area contributed by atoms with Crippen molar-refractivity contribution >= 4 is 28.2 Å². The van der Waals surface area contributed by atoms with Crippen LogP contribution < -0.4 is 11.1 Å². The summed E-state index contributed by atoms with van der Waals surface area (Å²) < 4.78 is 39.6. The van der Waals surface area contributed by atoms with Gasteiger partial charge in [-0.05, 0) is 36.4 Å². The first-order valence-corrected chi connectivity index (χ1v) is 7.02. The maximum absolute atomic E-state index is 13.6. The summed E-state index contributed by atoms with van der Waals surface area (Å²) in [7, 11) is 0. The number of benzene rings is 2. The lowest BCUT2D eigenvalue weighted by Gasteiger charge is -2.08. The van der Waals surface area contributed by atoms with Crippen LogP contribution in [0.15, 0.2) is 42.5 Å². The van der Waals surface area contributed by atoms with Gasteiger partial charge in [0.25, 0.3) is 0 Å². The van der Waals surface area contributed by atoms with Gasteiger partial charge in [0.15, 0.2) is 17.5 Å². The van der Waals surface area contributed by atoms with Gasteiger partial charge in [-0.1, -0.05) is 6.07 Å². The van der Waals surface area contributed by atoms with Crippen molar-refractivity contribution in [1.29, 1.82) is 0 Å². The van der Waals surface area contributed by atoms with Crippen LogP contribution in [0.4, 0.5) is 24.5 Å². The number of fused-ring (bicyclic) bond motifs is 1. The molecule has 0 spiro atoms. The fourth-order valence-corrected chi connectivity index (χ4v) is 2.27. The monoisotopic (exact) mass is 331 g/mol. The van der Waals surface area contributed by atoms with Crippen molar-refractivity contribution < 1.29 is 18.0 Å². The van der Waals surface area contributed by atoms with Crippen LogP contribution in [-0.2, 0) is 11.2 Å². The standard InChI is InChI=1S/C17H12F3N3O/c18-12-4-6-14(17(20)16(12)19)23-15(24)8-11-3-1-9-7-10(21)2-5-13(9)22-11/h1-7H,8,21H2,(H,23,24). The lowest BCUT2D eigenvalue weighted by Crippen LogP contribution is -2.16. The molecule has 0 radical (unpaired) electrons. The minimum Gasteiger partial charge on any atom is -0.399 e. The summed E-state index contributed by atoms with van der Waals surface area (Å²) in [6.07, 6.45) is -0.140. The Balaban J connectivity index is 1.78. The number of hydrogen-bond acceptors (Lipinski definition) is 3. The first kappa shape index (κ1) is 15.8. The minimum absolute atomic E-state index is 0.140. The number of pyridine rings is 1. The SMILES string of the molecule is Nc1ccc2nc(CC(=O)Nc3ccc(F)c(F)c3F)ccc2c1. The van der Waals surface area contributed by atoms with E-state index in [4.69, 9.17) is 5.73 Å². The number of nitrogens with zero attached hydrogens (tertiary/aromatic N) is 1. The minimum atomic E-state index is -1.63. The van der Waals surface area contributed by atoms with Crippen LogP contribution in [0, 0.1) is 17.5 Å². The highest BCUT2D eigenvalue weighted by atomic mass is 19.2. The number of carbonyl (C=O) groups excluding carboxylic acids is 1. The summed E-state index contributed by atoms with van der Waals surface area (Å²) in [5, 5.41) is 3.03. The number of carbonyl (C=O) groups is 1. The molecule has 3 aromatic rings. The van der Waals surface area contributed by atoms with E-state index < -0.39 is 29.0 Å². The molecule has 122 valence electrons. The predicted octanol–water partition coefficient (Wildman–Crippen LogP) is 3.42. The Hall–Kier alpha value is -3.09. The third-order valence-corrected chi connectivity index (χ3v) is 3.42. The number of nitrogen functional groups attached to an aromatic ring is 1.